The zero-order valence-corrected chi connectivity index (χ0v) is 12.7. The SMILES string of the molecule is CCOC(=O)CCCCc1cnn(-c2ccccc2)c1C. The average Bonchev–Trinajstić information content (AvgIpc) is 2.86. The molecule has 0 saturated heterocycles. The lowest BCUT2D eigenvalue weighted by molar-refractivity contribution is -0.143. The number of carbonyl (C=O) groups is 1. The second-order valence-electron chi connectivity index (χ2n) is 5.01. The Morgan fingerprint density at radius 3 is 2.71 bits per heavy atom. The first-order valence-electron chi connectivity index (χ1n) is 7.47. The van der Waals surface area contributed by atoms with Gasteiger partial charge in [0, 0.05) is 12.1 Å². The molecule has 0 atom stereocenters. The lowest BCUT2D eigenvalue weighted by Gasteiger charge is -2.05. The summed E-state index contributed by atoms with van der Waals surface area (Å²) in [6, 6.07) is 10.1. The van der Waals surface area contributed by atoms with Crippen LogP contribution in [0.1, 0.15) is 37.4 Å². The smallest absolute Gasteiger partial charge is 0.305 e. The molecule has 0 aliphatic rings. The maximum atomic E-state index is 11.3. The van der Waals surface area contributed by atoms with Crippen LogP contribution in [0.15, 0.2) is 36.5 Å². The summed E-state index contributed by atoms with van der Waals surface area (Å²) in [4.78, 5) is 11.3. The van der Waals surface area contributed by atoms with E-state index in [0.717, 1.165) is 30.6 Å². The number of ether oxygens (including phenoxy) is 1. The third-order valence-corrected chi connectivity index (χ3v) is 3.49. The second kappa shape index (κ2) is 7.62. The number of unbranched alkanes of at least 4 members (excludes halogenated alkanes) is 1. The first-order valence-corrected chi connectivity index (χ1v) is 7.47. The molecule has 0 radical (unpaired) electrons. The molecule has 0 unspecified atom stereocenters. The molecular formula is C17H22N2O2. The zero-order chi connectivity index (χ0) is 15.1. The molecule has 0 fully saturated rings. The van der Waals surface area contributed by atoms with Gasteiger partial charge < -0.3 is 4.74 Å². The van der Waals surface area contributed by atoms with Crippen molar-refractivity contribution in [2.75, 3.05) is 6.61 Å². The van der Waals surface area contributed by atoms with Crippen LogP contribution in [-0.2, 0) is 16.0 Å². The largest absolute Gasteiger partial charge is 0.466 e. The number of esters is 1. The lowest BCUT2D eigenvalue weighted by atomic mass is 10.1. The van der Waals surface area contributed by atoms with Crippen LogP contribution in [0.3, 0.4) is 0 Å². The Hall–Kier alpha value is -2.10. The van der Waals surface area contributed by atoms with E-state index in [2.05, 4.69) is 12.0 Å². The summed E-state index contributed by atoms with van der Waals surface area (Å²) in [7, 11) is 0. The van der Waals surface area contributed by atoms with Crippen molar-refractivity contribution in [3.63, 3.8) is 0 Å². The van der Waals surface area contributed by atoms with E-state index in [1.807, 2.05) is 48.1 Å². The number of hydrogen-bond donors (Lipinski definition) is 0. The quantitative estimate of drug-likeness (QED) is 0.578. The van der Waals surface area contributed by atoms with E-state index in [-0.39, 0.29) is 5.97 Å². The maximum Gasteiger partial charge on any atom is 0.305 e. The van der Waals surface area contributed by atoms with Crippen molar-refractivity contribution in [1.29, 1.82) is 0 Å². The minimum absolute atomic E-state index is 0.103. The number of carbonyl (C=O) groups excluding carboxylic acids is 1. The van der Waals surface area contributed by atoms with Gasteiger partial charge in [-0.15, -0.1) is 0 Å². The molecule has 1 aromatic heterocycles. The van der Waals surface area contributed by atoms with Crippen LogP contribution in [0.25, 0.3) is 5.69 Å². The molecule has 112 valence electrons. The molecule has 0 aliphatic heterocycles. The third kappa shape index (κ3) is 4.18. The zero-order valence-electron chi connectivity index (χ0n) is 12.7. The molecule has 2 aromatic rings. The van der Waals surface area contributed by atoms with Crippen molar-refractivity contribution in [3.8, 4) is 5.69 Å². The van der Waals surface area contributed by atoms with Crippen molar-refractivity contribution in [2.24, 2.45) is 0 Å². The molecule has 0 saturated carbocycles. The fourth-order valence-corrected chi connectivity index (χ4v) is 2.34. The Morgan fingerprint density at radius 2 is 2.00 bits per heavy atom. The highest BCUT2D eigenvalue weighted by Gasteiger charge is 2.08. The summed E-state index contributed by atoms with van der Waals surface area (Å²) in [6.07, 6.45) is 5.19. The van der Waals surface area contributed by atoms with E-state index in [1.165, 1.54) is 5.56 Å². The number of hydrogen-bond acceptors (Lipinski definition) is 3. The number of aryl methyl sites for hydroxylation is 1. The normalized spacial score (nSPS) is 10.6. The highest BCUT2D eigenvalue weighted by atomic mass is 16.5. The third-order valence-electron chi connectivity index (χ3n) is 3.49. The molecule has 0 N–H and O–H groups in total. The van der Waals surface area contributed by atoms with Crippen molar-refractivity contribution >= 4 is 5.97 Å². The number of para-hydroxylation sites is 1. The van der Waals surface area contributed by atoms with Gasteiger partial charge in [0.25, 0.3) is 0 Å². The van der Waals surface area contributed by atoms with Gasteiger partial charge in [0.05, 0.1) is 18.5 Å². The van der Waals surface area contributed by atoms with E-state index in [4.69, 9.17) is 4.74 Å². The van der Waals surface area contributed by atoms with Crippen molar-refractivity contribution < 1.29 is 9.53 Å². The van der Waals surface area contributed by atoms with Gasteiger partial charge in [0.2, 0.25) is 0 Å². The summed E-state index contributed by atoms with van der Waals surface area (Å²) in [5.41, 5.74) is 3.48. The Labute approximate surface area is 125 Å². The Morgan fingerprint density at radius 1 is 1.24 bits per heavy atom. The standard InChI is InChI=1S/C17H22N2O2/c1-3-21-17(20)12-8-7-9-15-13-18-19(14(15)2)16-10-5-4-6-11-16/h4-6,10-11,13H,3,7-9,12H2,1-2H3. The summed E-state index contributed by atoms with van der Waals surface area (Å²) < 4.78 is 6.88. The maximum absolute atomic E-state index is 11.3. The number of aromatic nitrogens is 2. The predicted octanol–water partition coefficient (Wildman–Crippen LogP) is 3.46. The molecule has 0 aliphatic carbocycles. The summed E-state index contributed by atoms with van der Waals surface area (Å²) >= 11 is 0. The highest BCUT2D eigenvalue weighted by Crippen LogP contribution is 2.16. The average molecular weight is 286 g/mol. The van der Waals surface area contributed by atoms with Gasteiger partial charge in [0.1, 0.15) is 0 Å². The van der Waals surface area contributed by atoms with Crippen LogP contribution in [0.4, 0.5) is 0 Å². The van der Waals surface area contributed by atoms with Gasteiger partial charge in [-0.3, -0.25) is 4.79 Å². The van der Waals surface area contributed by atoms with Gasteiger partial charge in [0.15, 0.2) is 0 Å². The molecule has 1 heterocycles. The first-order chi connectivity index (χ1) is 10.2. The molecule has 21 heavy (non-hydrogen) atoms. The van der Waals surface area contributed by atoms with E-state index in [1.54, 1.807) is 0 Å². The van der Waals surface area contributed by atoms with Gasteiger partial charge in [-0.25, -0.2) is 4.68 Å². The van der Waals surface area contributed by atoms with Crippen molar-refractivity contribution in [1.82, 2.24) is 9.78 Å². The summed E-state index contributed by atoms with van der Waals surface area (Å²) in [5.74, 6) is -0.103. The van der Waals surface area contributed by atoms with Gasteiger partial charge >= 0.3 is 5.97 Å². The van der Waals surface area contributed by atoms with E-state index in [0.29, 0.717) is 13.0 Å². The molecule has 4 heteroatoms. The van der Waals surface area contributed by atoms with Crippen molar-refractivity contribution in [3.05, 3.63) is 47.8 Å². The number of rotatable bonds is 7. The lowest BCUT2D eigenvalue weighted by Crippen LogP contribution is -2.03. The van der Waals surface area contributed by atoms with Crippen LogP contribution < -0.4 is 0 Å². The van der Waals surface area contributed by atoms with Gasteiger partial charge in [-0.1, -0.05) is 18.2 Å². The van der Waals surface area contributed by atoms with Crippen molar-refractivity contribution in [2.45, 2.75) is 39.5 Å². The number of benzene rings is 1. The monoisotopic (exact) mass is 286 g/mol. The Balaban J connectivity index is 1.88. The second-order valence-corrected chi connectivity index (χ2v) is 5.01. The van der Waals surface area contributed by atoms with E-state index < -0.39 is 0 Å². The van der Waals surface area contributed by atoms with Crippen LogP contribution in [0.2, 0.25) is 0 Å². The van der Waals surface area contributed by atoms with Gasteiger partial charge in [-0.2, -0.15) is 5.10 Å². The molecular weight excluding hydrogens is 264 g/mol. The highest BCUT2D eigenvalue weighted by molar-refractivity contribution is 5.69. The van der Waals surface area contributed by atoms with Gasteiger partial charge in [-0.05, 0) is 50.8 Å². The Kier molecular flexibility index (Phi) is 5.55. The number of nitrogens with zero attached hydrogens (tertiary/aromatic N) is 2. The molecule has 0 amide bonds. The molecule has 2 rings (SSSR count). The minimum Gasteiger partial charge on any atom is -0.466 e. The predicted molar refractivity (Wildman–Crippen MR) is 82.5 cm³/mol. The topological polar surface area (TPSA) is 44.1 Å². The van der Waals surface area contributed by atoms with Crippen LogP contribution >= 0.6 is 0 Å². The minimum atomic E-state index is -0.103. The molecule has 4 nitrogen and oxygen atoms in total. The fourth-order valence-electron chi connectivity index (χ4n) is 2.34. The molecule has 0 spiro atoms. The Bertz CT molecular complexity index is 576. The molecule has 0 bridgehead atoms. The fraction of sp³-hybridized carbons (Fsp3) is 0.412. The van der Waals surface area contributed by atoms with Crippen LogP contribution in [0.5, 0.6) is 0 Å². The van der Waals surface area contributed by atoms with Crippen LogP contribution in [-0.4, -0.2) is 22.4 Å². The summed E-state index contributed by atoms with van der Waals surface area (Å²) in [6.45, 7) is 4.38. The van der Waals surface area contributed by atoms with Crippen LogP contribution in [0, 0.1) is 6.92 Å². The van der Waals surface area contributed by atoms with E-state index >= 15 is 0 Å². The molecule has 1 aromatic carbocycles. The summed E-state index contributed by atoms with van der Waals surface area (Å²) in [5, 5.41) is 4.45. The van der Waals surface area contributed by atoms with E-state index in [9.17, 15) is 4.79 Å². The first kappa shape index (κ1) is 15.3.